The summed E-state index contributed by atoms with van der Waals surface area (Å²) in [6.07, 6.45) is 9.63. The number of rotatable bonds is 9. The molecule has 0 aromatic heterocycles. The third-order valence-electron chi connectivity index (χ3n) is 2.17. The fourth-order valence-electron chi connectivity index (χ4n) is 1.18. The summed E-state index contributed by atoms with van der Waals surface area (Å²) in [5.74, 6) is 0. The van der Waals surface area contributed by atoms with E-state index in [9.17, 15) is 0 Å². The summed E-state index contributed by atoms with van der Waals surface area (Å²) in [6, 6.07) is 0. The second-order valence-corrected chi connectivity index (χ2v) is 3.78. The SMILES string of the molecule is CCCCCCCCO.NCCCCN. The van der Waals surface area contributed by atoms with Gasteiger partial charge in [-0.2, -0.15) is 0 Å². The largest absolute Gasteiger partial charge is 0.396 e. The predicted octanol–water partition coefficient (Wildman–Crippen LogP) is 2.02. The summed E-state index contributed by atoms with van der Waals surface area (Å²) in [5.41, 5.74) is 10.3. The van der Waals surface area contributed by atoms with E-state index in [4.69, 9.17) is 16.6 Å². The van der Waals surface area contributed by atoms with Crippen LogP contribution in [0.15, 0.2) is 0 Å². The molecule has 0 fully saturated rings. The van der Waals surface area contributed by atoms with Crippen LogP contribution in [0.2, 0.25) is 0 Å². The van der Waals surface area contributed by atoms with Crippen LogP contribution in [0.5, 0.6) is 0 Å². The maximum absolute atomic E-state index is 8.42. The fraction of sp³-hybridized carbons (Fsp3) is 1.00. The quantitative estimate of drug-likeness (QED) is 0.518. The highest BCUT2D eigenvalue weighted by atomic mass is 16.2. The van der Waals surface area contributed by atoms with Crippen LogP contribution >= 0.6 is 0 Å². The first-order chi connectivity index (χ1) is 7.33. The lowest BCUT2D eigenvalue weighted by atomic mass is 10.1. The Balaban J connectivity index is 0. The van der Waals surface area contributed by atoms with Crippen molar-refractivity contribution in [1.29, 1.82) is 0 Å². The van der Waals surface area contributed by atoms with Crippen LogP contribution in [-0.2, 0) is 0 Å². The number of aliphatic hydroxyl groups excluding tert-OH is 1. The second kappa shape index (κ2) is 19.5. The van der Waals surface area contributed by atoms with Gasteiger partial charge in [-0.1, -0.05) is 39.0 Å². The minimum absolute atomic E-state index is 0.367. The number of unbranched alkanes of at least 4 members (excludes halogenated alkanes) is 6. The number of aliphatic hydroxyl groups is 1. The Morgan fingerprint density at radius 2 is 1.20 bits per heavy atom. The first-order valence-electron chi connectivity index (χ1n) is 6.34. The molecule has 3 nitrogen and oxygen atoms in total. The van der Waals surface area contributed by atoms with Gasteiger partial charge in [0.1, 0.15) is 0 Å². The van der Waals surface area contributed by atoms with Crippen molar-refractivity contribution in [3.8, 4) is 0 Å². The van der Waals surface area contributed by atoms with E-state index in [1.807, 2.05) is 0 Å². The maximum atomic E-state index is 8.42. The average molecular weight is 218 g/mol. The topological polar surface area (TPSA) is 72.3 Å². The van der Waals surface area contributed by atoms with Gasteiger partial charge < -0.3 is 16.6 Å². The van der Waals surface area contributed by atoms with Gasteiger partial charge in [-0.3, -0.25) is 0 Å². The summed E-state index contributed by atoms with van der Waals surface area (Å²) >= 11 is 0. The van der Waals surface area contributed by atoms with Crippen LogP contribution in [0.4, 0.5) is 0 Å². The highest BCUT2D eigenvalue weighted by Crippen LogP contribution is 2.03. The second-order valence-electron chi connectivity index (χ2n) is 3.78. The Kier molecular flexibility index (Phi) is 22.4. The van der Waals surface area contributed by atoms with E-state index in [1.54, 1.807) is 0 Å². The van der Waals surface area contributed by atoms with Gasteiger partial charge in [0, 0.05) is 6.61 Å². The summed E-state index contributed by atoms with van der Waals surface area (Å²) in [5, 5.41) is 8.42. The van der Waals surface area contributed by atoms with Gasteiger partial charge in [-0.15, -0.1) is 0 Å². The van der Waals surface area contributed by atoms with Crippen LogP contribution < -0.4 is 11.5 Å². The van der Waals surface area contributed by atoms with E-state index in [1.165, 1.54) is 32.1 Å². The molecule has 0 atom stereocenters. The summed E-state index contributed by atoms with van der Waals surface area (Å²) < 4.78 is 0. The van der Waals surface area contributed by atoms with Gasteiger partial charge in [0.25, 0.3) is 0 Å². The molecule has 15 heavy (non-hydrogen) atoms. The van der Waals surface area contributed by atoms with Crippen LogP contribution in [0, 0.1) is 0 Å². The average Bonchev–Trinajstić information content (AvgIpc) is 2.27. The molecule has 0 radical (unpaired) electrons. The van der Waals surface area contributed by atoms with Crippen molar-refractivity contribution < 1.29 is 5.11 Å². The fourth-order valence-corrected chi connectivity index (χ4v) is 1.18. The Hall–Kier alpha value is -0.120. The van der Waals surface area contributed by atoms with Crippen molar-refractivity contribution >= 4 is 0 Å². The van der Waals surface area contributed by atoms with E-state index in [0.29, 0.717) is 6.61 Å². The van der Waals surface area contributed by atoms with Gasteiger partial charge in [0.05, 0.1) is 0 Å². The summed E-state index contributed by atoms with van der Waals surface area (Å²) in [6.45, 7) is 4.13. The maximum Gasteiger partial charge on any atom is 0.0431 e. The molecule has 3 heteroatoms. The zero-order valence-electron chi connectivity index (χ0n) is 10.4. The van der Waals surface area contributed by atoms with E-state index < -0.39 is 0 Å². The lowest BCUT2D eigenvalue weighted by Crippen LogP contribution is -2.03. The van der Waals surface area contributed by atoms with Crippen LogP contribution in [-0.4, -0.2) is 24.8 Å². The molecule has 0 heterocycles. The molecular formula is C12H30N2O. The molecular weight excluding hydrogens is 188 g/mol. The molecule has 5 N–H and O–H groups in total. The third-order valence-corrected chi connectivity index (χ3v) is 2.17. The Labute approximate surface area is 95.2 Å². The molecule has 0 aromatic rings. The van der Waals surface area contributed by atoms with E-state index in [0.717, 1.165) is 32.4 Å². The van der Waals surface area contributed by atoms with Crippen LogP contribution in [0.3, 0.4) is 0 Å². The van der Waals surface area contributed by atoms with Gasteiger partial charge in [-0.05, 0) is 32.4 Å². The molecule has 0 aliphatic rings. The molecule has 0 saturated carbocycles. The Morgan fingerprint density at radius 1 is 0.733 bits per heavy atom. The standard InChI is InChI=1S/C8H18O.C4H12N2/c1-2-3-4-5-6-7-8-9;5-3-1-2-4-6/h9H,2-8H2,1H3;1-6H2. The lowest BCUT2D eigenvalue weighted by molar-refractivity contribution is 0.282. The van der Waals surface area contributed by atoms with Crippen LogP contribution in [0.1, 0.15) is 58.3 Å². The molecule has 0 spiro atoms. The van der Waals surface area contributed by atoms with Crippen molar-refractivity contribution in [3.05, 3.63) is 0 Å². The highest BCUT2D eigenvalue weighted by molar-refractivity contribution is 4.41. The first-order valence-corrected chi connectivity index (χ1v) is 6.34. The lowest BCUT2D eigenvalue weighted by Gasteiger charge is -1.95. The smallest absolute Gasteiger partial charge is 0.0431 e. The summed E-state index contributed by atoms with van der Waals surface area (Å²) in [7, 11) is 0. The third kappa shape index (κ3) is 24.8. The van der Waals surface area contributed by atoms with Gasteiger partial charge in [0.2, 0.25) is 0 Å². The monoisotopic (exact) mass is 218 g/mol. The molecule has 0 bridgehead atoms. The molecule has 0 aromatic carbocycles. The highest BCUT2D eigenvalue weighted by Gasteiger charge is 1.86. The molecule has 0 aliphatic carbocycles. The van der Waals surface area contributed by atoms with E-state index in [2.05, 4.69) is 6.92 Å². The first kappa shape index (κ1) is 17.3. The molecule has 0 rings (SSSR count). The molecule has 0 unspecified atom stereocenters. The van der Waals surface area contributed by atoms with Crippen molar-refractivity contribution in [2.75, 3.05) is 19.7 Å². The van der Waals surface area contributed by atoms with E-state index >= 15 is 0 Å². The number of hydrogen-bond acceptors (Lipinski definition) is 3. The van der Waals surface area contributed by atoms with Gasteiger partial charge in [0.15, 0.2) is 0 Å². The van der Waals surface area contributed by atoms with Crippen molar-refractivity contribution in [3.63, 3.8) is 0 Å². The summed E-state index contributed by atoms with van der Waals surface area (Å²) in [4.78, 5) is 0. The normalized spacial score (nSPS) is 9.60. The van der Waals surface area contributed by atoms with Crippen molar-refractivity contribution in [2.24, 2.45) is 11.5 Å². The molecule has 94 valence electrons. The Morgan fingerprint density at radius 3 is 1.60 bits per heavy atom. The van der Waals surface area contributed by atoms with Crippen LogP contribution in [0.25, 0.3) is 0 Å². The van der Waals surface area contributed by atoms with E-state index in [-0.39, 0.29) is 0 Å². The zero-order valence-corrected chi connectivity index (χ0v) is 10.4. The van der Waals surface area contributed by atoms with Crippen molar-refractivity contribution in [1.82, 2.24) is 0 Å². The van der Waals surface area contributed by atoms with Gasteiger partial charge in [-0.25, -0.2) is 0 Å². The minimum atomic E-state index is 0.367. The van der Waals surface area contributed by atoms with Crippen molar-refractivity contribution in [2.45, 2.75) is 58.3 Å². The number of nitrogens with two attached hydrogens (primary N) is 2. The molecule has 0 amide bonds. The van der Waals surface area contributed by atoms with Gasteiger partial charge >= 0.3 is 0 Å². The minimum Gasteiger partial charge on any atom is -0.396 e. The Bertz CT molecular complexity index is 79.7. The molecule has 0 aliphatic heterocycles. The zero-order chi connectivity index (χ0) is 11.8. The number of hydrogen-bond donors (Lipinski definition) is 3. The molecule has 0 saturated heterocycles. The predicted molar refractivity (Wildman–Crippen MR) is 67.8 cm³/mol.